The Balaban J connectivity index is 1.78. The first kappa shape index (κ1) is 15.1. The molecule has 1 aromatic heterocycles. The molecule has 0 aromatic carbocycles. The van der Waals surface area contributed by atoms with Gasteiger partial charge in [0.2, 0.25) is 0 Å². The first-order valence-electron chi connectivity index (χ1n) is 7.91. The summed E-state index contributed by atoms with van der Waals surface area (Å²) in [6, 6.07) is 0. The number of hydrogen-bond donors (Lipinski definition) is 3. The van der Waals surface area contributed by atoms with Crippen LogP contribution in [-0.4, -0.2) is 49.8 Å². The van der Waals surface area contributed by atoms with Crippen molar-refractivity contribution in [3.63, 3.8) is 0 Å². The van der Waals surface area contributed by atoms with Crippen molar-refractivity contribution < 1.29 is 19.7 Å². The molecule has 3 aliphatic rings. The minimum Gasteiger partial charge on any atom is -0.393 e. The Hall–Kier alpha value is -1.48. The van der Waals surface area contributed by atoms with Crippen molar-refractivity contribution in [2.24, 2.45) is 0 Å². The standard InChI is InChI=1S/C15H20N2O6/c1-8-6-17(13(21)16-11(8)20)12-9-10(19)15(7-18,23-12)14(22-9)4-2-3-5-14/h6,9-10,12,18-19H,2-5,7H2,1H3,(H,16,20,21). The summed E-state index contributed by atoms with van der Waals surface area (Å²) in [5.74, 6) is 0. The smallest absolute Gasteiger partial charge is 0.330 e. The van der Waals surface area contributed by atoms with Crippen LogP contribution in [0.15, 0.2) is 15.8 Å². The van der Waals surface area contributed by atoms with Gasteiger partial charge < -0.3 is 19.7 Å². The summed E-state index contributed by atoms with van der Waals surface area (Å²) in [7, 11) is 0. The number of nitrogens with one attached hydrogen (secondary N) is 1. The number of nitrogens with zero attached hydrogens (tertiary/aromatic N) is 1. The van der Waals surface area contributed by atoms with Crippen LogP contribution in [0.4, 0.5) is 0 Å². The fraction of sp³-hybridized carbons (Fsp3) is 0.733. The van der Waals surface area contributed by atoms with Gasteiger partial charge in [0, 0.05) is 11.8 Å². The van der Waals surface area contributed by atoms with E-state index in [4.69, 9.17) is 9.47 Å². The number of aliphatic hydroxyl groups excluding tert-OH is 2. The van der Waals surface area contributed by atoms with E-state index >= 15 is 0 Å². The second-order valence-corrected chi connectivity index (χ2v) is 6.76. The zero-order chi connectivity index (χ0) is 16.4. The van der Waals surface area contributed by atoms with Gasteiger partial charge in [-0.15, -0.1) is 0 Å². The first-order valence-corrected chi connectivity index (χ1v) is 7.91. The molecule has 8 heteroatoms. The maximum Gasteiger partial charge on any atom is 0.330 e. The number of aromatic nitrogens is 2. The minimum absolute atomic E-state index is 0.360. The Kier molecular flexibility index (Phi) is 3.12. The molecule has 1 aromatic rings. The van der Waals surface area contributed by atoms with Crippen molar-refractivity contribution in [1.82, 2.24) is 9.55 Å². The average Bonchev–Trinajstić information content (AvgIpc) is 3.16. The number of rotatable bonds is 2. The second kappa shape index (κ2) is 4.76. The van der Waals surface area contributed by atoms with Gasteiger partial charge in [0.15, 0.2) is 11.8 Å². The molecule has 0 amide bonds. The van der Waals surface area contributed by atoms with E-state index < -0.39 is 40.9 Å². The highest BCUT2D eigenvalue weighted by atomic mass is 16.7. The largest absolute Gasteiger partial charge is 0.393 e. The van der Waals surface area contributed by atoms with Crippen LogP contribution in [0.3, 0.4) is 0 Å². The molecule has 4 rings (SSSR count). The fourth-order valence-electron chi connectivity index (χ4n) is 4.39. The quantitative estimate of drug-likeness (QED) is 0.655. The van der Waals surface area contributed by atoms with Crippen LogP contribution in [0.5, 0.6) is 0 Å². The number of ether oxygens (including phenoxy) is 2. The number of aliphatic hydroxyl groups is 2. The summed E-state index contributed by atoms with van der Waals surface area (Å²) in [6.07, 6.45) is 2.10. The molecule has 3 fully saturated rings. The van der Waals surface area contributed by atoms with Crippen LogP contribution in [0.1, 0.15) is 37.5 Å². The van der Waals surface area contributed by atoms with Crippen molar-refractivity contribution in [2.75, 3.05) is 6.61 Å². The number of H-pyrrole nitrogens is 1. The molecule has 1 saturated carbocycles. The van der Waals surface area contributed by atoms with Crippen LogP contribution in [0.25, 0.3) is 0 Å². The lowest BCUT2D eigenvalue weighted by molar-refractivity contribution is -0.268. The van der Waals surface area contributed by atoms with Crippen molar-refractivity contribution >= 4 is 0 Å². The average molecular weight is 324 g/mol. The van der Waals surface area contributed by atoms with E-state index in [1.54, 1.807) is 6.92 Å². The van der Waals surface area contributed by atoms with Gasteiger partial charge in [0.05, 0.1) is 6.61 Å². The van der Waals surface area contributed by atoms with Crippen LogP contribution >= 0.6 is 0 Å². The topological polar surface area (TPSA) is 114 Å². The molecule has 23 heavy (non-hydrogen) atoms. The van der Waals surface area contributed by atoms with Gasteiger partial charge in [0.25, 0.3) is 5.56 Å². The molecule has 2 aliphatic heterocycles. The summed E-state index contributed by atoms with van der Waals surface area (Å²) < 4.78 is 13.4. The Bertz CT molecular complexity index is 749. The zero-order valence-electron chi connectivity index (χ0n) is 12.8. The van der Waals surface area contributed by atoms with E-state index in [0.29, 0.717) is 18.4 Å². The lowest BCUT2D eigenvalue weighted by Gasteiger charge is -2.44. The minimum atomic E-state index is -1.22. The summed E-state index contributed by atoms with van der Waals surface area (Å²) in [5.41, 5.74) is -2.63. The van der Waals surface area contributed by atoms with E-state index in [-0.39, 0.29) is 6.61 Å². The van der Waals surface area contributed by atoms with E-state index in [2.05, 4.69) is 4.98 Å². The van der Waals surface area contributed by atoms with Gasteiger partial charge in [-0.1, -0.05) is 12.8 Å². The third-order valence-corrected chi connectivity index (χ3v) is 5.60. The SMILES string of the molecule is Cc1cn(C2OC3(CO)C(O)C2OC32CCCC2)c(=O)[nH]c1=O. The Labute approximate surface area is 131 Å². The van der Waals surface area contributed by atoms with Crippen molar-refractivity contribution in [1.29, 1.82) is 0 Å². The van der Waals surface area contributed by atoms with Crippen molar-refractivity contribution in [2.45, 2.75) is 62.2 Å². The lowest BCUT2D eigenvalue weighted by atomic mass is 9.80. The number of aromatic amines is 1. The summed E-state index contributed by atoms with van der Waals surface area (Å²) in [5, 5.41) is 20.6. The van der Waals surface area contributed by atoms with E-state index in [0.717, 1.165) is 12.8 Å². The molecule has 126 valence electrons. The Morgan fingerprint density at radius 1 is 1.35 bits per heavy atom. The number of hydrogen-bond acceptors (Lipinski definition) is 6. The van der Waals surface area contributed by atoms with Gasteiger partial charge in [-0.2, -0.15) is 0 Å². The first-order chi connectivity index (χ1) is 10.9. The van der Waals surface area contributed by atoms with Gasteiger partial charge in [-0.05, 0) is 19.8 Å². The number of aryl methyl sites for hydroxylation is 1. The molecule has 3 N–H and O–H groups in total. The van der Waals surface area contributed by atoms with E-state index in [9.17, 15) is 19.8 Å². The third kappa shape index (κ3) is 1.74. The van der Waals surface area contributed by atoms with Crippen LogP contribution in [0, 0.1) is 6.92 Å². The predicted molar refractivity (Wildman–Crippen MR) is 78.1 cm³/mol. The van der Waals surface area contributed by atoms with Gasteiger partial charge >= 0.3 is 5.69 Å². The summed E-state index contributed by atoms with van der Waals surface area (Å²) in [6.45, 7) is 1.21. The molecule has 1 spiro atoms. The van der Waals surface area contributed by atoms with Crippen molar-refractivity contribution in [3.05, 3.63) is 32.6 Å². The summed E-state index contributed by atoms with van der Waals surface area (Å²) >= 11 is 0. The molecule has 8 nitrogen and oxygen atoms in total. The third-order valence-electron chi connectivity index (χ3n) is 5.60. The highest BCUT2D eigenvalue weighted by Crippen LogP contribution is 2.59. The molecule has 0 radical (unpaired) electrons. The van der Waals surface area contributed by atoms with E-state index in [1.807, 2.05) is 0 Å². The van der Waals surface area contributed by atoms with Crippen LogP contribution in [0.2, 0.25) is 0 Å². The van der Waals surface area contributed by atoms with Crippen molar-refractivity contribution in [3.8, 4) is 0 Å². The van der Waals surface area contributed by atoms with Gasteiger partial charge in [-0.25, -0.2) is 4.79 Å². The lowest BCUT2D eigenvalue weighted by Crippen LogP contribution is -2.59. The van der Waals surface area contributed by atoms with Crippen LogP contribution in [-0.2, 0) is 9.47 Å². The van der Waals surface area contributed by atoms with Crippen LogP contribution < -0.4 is 11.2 Å². The number of fused-ring (bicyclic) bond motifs is 3. The summed E-state index contributed by atoms with van der Waals surface area (Å²) in [4.78, 5) is 25.8. The highest BCUT2D eigenvalue weighted by Gasteiger charge is 2.74. The molecule has 1 aliphatic carbocycles. The normalized spacial score (nSPS) is 37.8. The molecule has 2 bridgehead atoms. The maximum atomic E-state index is 12.1. The molecule has 3 heterocycles. The molecular formula is C15H20N2O6. The monoisotopic (exact) mass is 324 g/mol. The van der Waals surface area contributed by atoms with Gasteiger partial charge in [0.1, 0.15) is 17.8 Å². The van der Waals surface area contributed by atoms with E-state index in [1.165, 1.54) is 10.8 Å². The molecule has 4 atom stereocenters. The fourth-order valence-corrected chi connectivity index (χ4v) is 4.39. The Morgan fingerprint density at radius 2 is 2.04 bits per heavy atom. The Morgan fingerprint density at radius 3 is 2.70 bits per heavy atom. The molecule has 2 saturated heterocycles. The zero-order valence-corrected chi connectivity index (χ0v) is 12.8. The predicted octanol–water partition coefficient (Wildman–Crippen LogP) is -0.823. The maximum absolute atomic E-state index is 12.1. The molecule has 4 unspecified atom stereocenters. The van der Waals surface area contributed by atoms with Gasteiger partial charge in [-0.3, -0.25) is 14.3 Å². The second-order valence-electron chi connectivity index (χ2n) is 6.76. The highest BCUT2D eigenvalue weighted by molar-refractivity contribution is 5.21. The molecular weight excluding hydrogens is 304 g/mol.